The summed E-state index contributed by atoms with van der Waals surface area (Å²) < 4.78 is 0. The Balaban J connectivity index is 1.79. The third-order valence-electron chi connectivity index (χ3n) is 3.48. The van der Waals surface area contributed by atoms with Gasteiger partial charge < -0.3 is 16.0 Å². The minimum absolute atomic E-state index is 0.0500. The van der Waals surface area contributed by atoms with E-state index in [2.05, 4.69) is 16.0 Å². The predicted molar refractivity (Wildman–Crippen MR) is 79.4 cm³/mol. The Labute approximate surface area is 115 Å². The van der Waals surface area contributed by atoms with Crippen molar-refractivity contribution in [3.63, 3.8) is 0 Å². The van der Waals surface area contributed by atoms with Gasteiger partial charge >= 0.3 is 0 Å². The number of anilines is 2. The smallest absolute Gasteiger partial charge is 0.224 e. The first-order chi connectivity index (χ1) is 9.28. The summed E-state index contributed by atoms with van der Waals surface area (Å²) in [6.07, 6.45) is 3.08. The van der Waals surface area contributed by atoms with Crippen LogP contribution in [0.1, 0.15) is 26.2 Å². The van der Waals surface area contributed by atoms with E-state index in [0.717, 1.165) is 31.0 Å². The zero-order valence-electron chi connectivity index (χ0n) is 11.5. The number of amides is 1. The van der Waals surface area contributed by atoms with Crippen LogP contribution in [-0.4, -0.2) is 25.5 Å². The molecule has 1 aliphatic heterocycles. The van der Waals surface area contributed by atoms with Crippen molar-refractivity contribution < 1.29 is 4.79 Å². The molecule has 1 atom stereocenters. The highest BCUT2D eigenvalue weighted by Crippen LogP contribution is 2.16. The molecule has 0 radical (unpaired) electrons. The summed E-state index contributed by atoms with van der Waals surface area (Å²) >= 11 is 0. The van der Waals surface area contributed by atoms with Crippen molar-refractivity contribution >= 4 is 17.3 Å². The molecule has 1 amide bonds. The van der Waals surface area contributed by atoms with Gasteiger partial charge in [0.05, 0.1) is 0 Å². The zero-order valence-corrected chi connectivity index (χ0v) is 11.5. The van der Waals surface area contributed by atoms with Gasteiger partial charge in [-0.1, -0.05) is 6.92 Å². The molecule has 104 valence electrons. The Bertz CT molecular complexity index is 396. The molecule has 4 nitrogen and oxygen atoms in total. The highest BCUT2D eigenvalue weighted by molar-refractivity contribution is 5.90. The Morgan fingerprint density at radius 2 is 2.05 bits per heavy atom. The fourth-order valence-corrected chi connectivity index (χ4v) is 2.28. The molecule has 1 aromatic rings. The Kier molecular flexibility index (Phi) is 5.21. The summed E-state index contributed by atoms with van der Waals surface area (Å²) in [6, 6.07) is 7.91. The summed E-state index contributed by atoms with van der Waals surface area (Å²) in [7, 11) is 0. The summed E-state index contributed by atoms with van der Waals surface area (Å²) in [5, 5.41) is 9.72. The molecule has 4 heteroatoms. The number of carbonyl (C=O) groups is 1. The molecule has 1 aliphatic rings. The largest absolute Gasteiger partial charge is 0.385 e. The lowest BCUT2D eigenvalue weighted by Gasteiger charge is -2.23. The Hall–Kier alpha value is -1.55. The van der Waals surface area contributed by atoms with E-state index in [-0.39, 0.29) is 5.91 Å². The molecular weight excluding hydrogens is 238 g/mol. The number of piperidine rings is 1. The minimum atomic E-state index is 0.0500. The topological polar surface area (TPSA) is 53.2 Å². The van der Waals surface area contributed by atoms with Crippen LogP contribution in [0.2, 0.25) is 0 Å². The van der Waals surface area contributed by atoms with E-state index in [1.165, 1.54) is 12.8 Å². The van der Waals surface area contributed by atoms with Crippen molar-refractivity contribution in [2.45, 2.75) is 26.2 Å². The van der Waals surface area contributed by atoms with Gasteiger partial charge in [-0.2, -0.15) is 0 Å². The van der Waals surface area contributed by atoms with Crippen LogP contribution in [0.3, 0.4) is 0 Å². The quantitative estimate of drug-likeness (QED) is 0.763. The second kappa shape index (κ2) is 7.14. The molecule has 1 saturated heterocycles. The minimum Gasteiger partial charge on any atom is -0.385 e. The first-order valence-corrected chi connectivity index (χ1v) is 7.12. The molecular formula is C15H23N3O. The normalized spacial score (nSPS) is 18.9. The fourth-order valence-electron chi connectivity index (χ4n) is 2.28. The first-order valence-electron chi connectivity index (χ1n) is 7.12. The van der Waals surface area contributed by atoms with Gasteiger partial charge in [0.15, 0.2) is 0 Å². The van der Waals surface area contributed by atoms with Crippen LogP contribution in [-0.2, 0) is 4.79 Å². The summed E-state index contributed by atoms with van der Waals surface area (Å²) in [6.45, 7) is 5.12. The van der Waals surface area contributed by atoms with Gasteiger partial charge in [-0.25, -0.2) is 0 Å². The molecule has 0 spiro atoms. The lowest BCUT2D eigenvalue weighted by atomic mass is 10.00. The molecule has 0 aliphatic carbocycles. The fraction of sp³-hybridized carbons (Fsp3) is 0.533. The lowest BCUT2D eigenvalue weighted by Crippen LogP contribution is -2.33. The molecule has 1 unspecified atom stereocenters. The van der Waals surface area contributed by atoms with Crippen molar-refractivity contribution in [1.29, 1.82) is 0 Å². The van der Waals surface area contributed by atoms with Gasteiger partial charge in [0.25, 0.3) is 0 Å². The molecule has 3 N–H and O–H groups in total. The summed E-state index contributed by atoms with van der Waals surface area (Å²) in [5.41, 5.74) is 1.97. The van der Waals surface area contributed by atoms with E-state index in [1.807, 2.05) is 31.2 Å². The predicted octanol–water partition coefficient (Wildman–Crippen LogP) is 2.45. The molecule has 19 heavy (non-hydrogen) atoms. The second-order valence-corrected chi connectivity index (χ2v) is 5.07. The standard InChI is InChI=1S/C15H23N3O/c1-2-15(19)18-14-7-5-13(6-8-14)17-11-12-4-3-9-16-10-12/h5-8,12,16-17H,2-4,9-11H2,1H3,(H,18,19). The average molecular weight is 261 g/mol. The molecule has 0 bridgehead atoms. The van der Waals surface area contributed by atoms with E-state index < -0.39 is 0 Å². The molecule has 2 rings (SSSR count). The van der Waals surface area contributed by atoms with Crippen molar-refractivity contribution in [1.82, 2.24) is 5.32 Å². The van der Waals surface area contributed by atoms with Gasteiger partial charge in [-0.3, -0.25) is 4.79 Å². The average Bonchev–Trinajstić information content (AvgIpc) is 2.47. The number of rotatable bonds is 5. The SMILES string of the molecule is CCC(=O)Nc1ccc(NCC2CCCNC2)cc1. The highest BCUT2D eigenvalue weighted by atomic mass is 16.1. The summed E-state index contributed by atoms with van der Waals surface area (Å²) in [5.74, 6) is 0.766. The molecule has 1 aromatic carbocycles. The first kappa shape index (κ1) is 13.9. The number of hydrogen-bond donors (Lipinski definition) is 3. The van der Waals surface area contributed by atoms with Crippen molar-refractivity contribution in [2.24, 2.45) is 5.92 Å². The number of carbonyl (C=O) groups excluding carboxylic acids is 1. The van der Waals surface area contributed by atoms with E-state index in [1.54, 1.807) is 0 Å². The van der Waals surface area contributed by atoms with Crippen LogP contribution >= 0.6 is 0 Å². The van der Waals surface area contributed by atoms with Crippen LogP contribution in [0, 0.1) is 5.92 Å². The second-order valence-electron chi connectivity index (χ2n) is 5.07. The van der Waals surface area contributed by atoms with Gasteiger partial charge in [-0.15, -0.1) is 0 Å². The maximum atomic E-state index is 11.3. The van der Waals surface area contributed by atoms with Crippen molar-refractivity contribution in [3.8, 4) is 0 Å². The highest BCUT2D eigenvalue weighted by Gasteiger charge is 2.12. The number of benzene rings is 1. The number of nitrogens with one attached hydrogen (secondary N) is 3. The van der Waals surface area contributed by atoms with Gasteiger partial charge in [0.2, 0.25) is 5.91 Å². The maximum Gasteiger partial charge on any atom is 0.224 e. The molecule has 0 aromatic heterocycles. The third-order valence-corrected chi connectivity index (χ3v) is 3.48. The van der Waals surface area contributed by atoms with Gasteiger partial charge in [0, 0.05) is 24.3 Å². The summed E-state index contributed by atoms with van der Waals surface area (Å²) in [4.78, 5) is 11.3. The van der Waals surface area contributed by atoms with Crippen molar-refractivity contribution in [2.75, 3.05) is 30.3 Å². The van der Waals surface area contributed by atoms with Crippen LogP contribution in [0.25, 0.3) is 0 Å². The van der Waals surface area contributed by atoms with Gasteiger partial charge in [0.1, 0.15) is 0 Å². The Morgan fingerprint density at radius 3 is 2.68 bits per heavy atom. The number of hydrogen-bond acceptors (Lipinski definition) is 3. The monoisotopic (exact) mass is 261 g/mol. The van der Waals surface area contributed by atoms with Crippen LogP contribution in [0.4, 0.5) is 11.4 Å². The zero-order chi connectivity index (χ0) is 13.5. The maximum absolute atomic E-state index is 11.3. The third kappa shape index (κ3) is 4.56. The molecule has 1 heterocycles. The van der Waals surface area contributed by atoms with Crippen LogP contribution < -0.4 is 16.0 Å². The molecule has 1 fully saturated rings. The van der Waals surface area contributed by atoms with E-state index in [0.29, 0.717) is 12.3 Å². The van der Waals surface area contributed by atoms with E-state index in [9.17, 15) is 4.79 Å². The van der Waals surface area contributed by atoms with E-state index in [4.69, 9.17) is 0 Å². The Morgan fingerprint density at radius 1 is 1.32 bits per heavy atom. The van der Waals surface area contributed by atoms with Gasteiger partial charge in [-0.05, 0) is 56.1 Å². The lowest BCUT2D eigenvalue weighted by molar-refractivity contribution is -0.115. The van der Waals surface area contributed by atoms with Crippen molar-refractivity contribution in [3.05, 3.63) is 24.3 Å². The molecule has 0 saturated carbocycles. The van der Waals surface area contributed by atoms with Crippen LogP contribution in [0.5, 0.6) is 0 Å². The van der Waals surface area contributed by atoms with Crippen LogP contribution in [0.15, 0.2) is 24.3 Å². The van der Waals surface area contributed by atoms with E-state index >= 15 is 0 Å².